The van der Waals surface area contributed by atoms with E-state index in [-0.39, 0.29) is 21.4 Å². The zero-order chi connectivity index (χ0) is 19.7. The first-order chi connectivity index (χ1) is 11.9. The molecule has 1 atom stereocenters. The summed E-state index contributed by atoms with van der Waals surface area (Å²) in [6, 6.07) is 3.14. The molecule has 1 saturated heterocycles. The monoisotopic (exact) mass is 402 g/mol. The first-order valence-electron chi connectivity index (χ1n) is 8.97. The van der Waals surface area contributed by atoms with E-state index in [0.717, 1.165) is 38.1 Å². The van der Waals surface area contributed by atoms with Crippen molar-refractivity contribution in [1.29, 1.82) is 0 Å². The molecule has 0 amide bonds. The van der Waals surface area contributed by atoms with E-state index in [1.807, 2.05) is 6.92 Å². The molecule has 1 N–H and O–H groups in total. The molecule has 1 aromatic rings. The number of aryl methyl sites for hydroxylation is 1. The normalized spacial score (nSPS) is 18.8. The smallest absolute Gasteiger partial charge is 0.240 e. The second-order valence-electron chi connectivity index (χ2n) is 7.58. The average Bonchev–Trinajstić information content (AvgIpc) is 2.54. The Bertz CT molecular complexity index is 855. The van der Waals surface area contributed by atoms with E-state index in [0.29, 0.717) is 12.1 Å². The summed E-state index contributed by atoms with van der Waals surface area (Å²) in [4.78, 5) is 2.40. The topological polar surface area (TPSA) is 83.5 Å². The molecule has 1 heterocycles. The van der Waals surface area contributed by atoms with Crippen LogP contribution in [-0.4, -0.2) is 53.7 Å². The van der Waals surface area contributed by atoms with Crippen LogP contribution in [0.2, 0.25) is 0 Å². The van der Waals surface area contributed by atoms with Gasteiger partial charge in [0.2, 0.25) is 10.0 Å². The first kappa shape index (κ1) is 21.3. The summed E-state index contributed by atoms with van der Waals surface area (Å²) in [5, 5.41) is 0. The maximum Gasteiger partial charge on any atom is 0.240 e. The number of hydrogen-bond donors (Lipinski definition) is 1. The van der Waals surface area contributed by atoms with Crippen molar-refractivity contribution in [3.8, 4) is 0 Å². The highest BCUT2D eigenvalue weighted by Crippen LogP contribution is 2.25. The molecule has 0 aliphatic carbocycles. The Balaban J connectivity index is 2.19. The number of benzene rings is 1. The largest absolute Gasteiger partial charge is 0.299 e. The molecule has 2 rings (SSSR count). The predicted octanol–water partition coefficient (Wildman–Crippen LogP) is 2.11. The second-order valence-corrected chi connectivity index (χ2v) is 11.3. The standard InChI is InChI=1S/C18H30N2O4S2/c1-13-6-8-20(9-7-13)15(3)12-19-26(23,24)18-11-14(2)10-17(16(18)4)25(5,21)22/h10-11,13,15,19H,6-9,12H2,1-5H3. The highest BCUT2D eigenvalue weighted by atomic mass is 32.2. The van der Waals surface area contributed by atoms with Crippen LogP contribution < -0.4 is 4.72 Å². The van der Waals surface area contributed by atoms with Crippen LogP contribution >= 0.6 is 0 Å². The lowest BCUT2D eigenvalue weighted by atomic mass is 9.98. The Kier molecular flexibility index (Phi) is 6.53. The lowest BCUT2D eigenvalue weighted by Gasteiger charge is -2.35. The SMILES string of the molecule is Cc1cc(S(C)(=O)=O)c(C)c(S(=O)(=O)NCC(C)N2CCC(C)CC2)c1. The van der Waals surface area contributed by atoms with Gasteiger partial charge in [0.1, 0.15) is 0 Å². The second kappa shape index (κ2) is 7.96. The molecule has 0 bridgehead atoms. The van der Waals surface area contributed by atoms with Crippen molar-refractivity contribution in [3.05, 3.63) is 23.3 Å². The fraction of sp³-hybridized carbons (Fsp3) is 0.667. The van der Waals surface area contributed by atoms with Crippen molar-refractivity contribution in [2.75, 3.05) is 25.9 Å². The van der Waals surface area contributed by atoms with Crippen LogP contribution in [0.15, 0.2) is 21.9 Å². The average molecular weight is 403 g/mol. The fourth-order valence-corrected chi connectivity index (χ4v) is 5.96. The summed E-state index contributed by atoms with van der Waals surface area (Å²) in [5.74, 6) is 0.722. The van der Waals surface area contributed by atoms with Crippen LogP contribution in [0, 0.1) is 19.8 Å². The van der Waals surface area contributed by atoms with Crippen molar-refractivity contribution >= 4 is 19.9 Å². The summed E-state index contributed by atoms with van der Waals surface area (Å²) in [7, 11) is -7.27. The van der Waals surface area contributed by atoms with Crippen LogP contribution in [0.4, 0.5) is 0 Å². The number of nitrogens with one attached hydrogen (secondary N) is 1. The van der Waals surface area contributed by atoms with E-state index >= 15 is 0 Å². The van der Waals surface area contributed by atoms with Gasteiger partial charge in [-0.25, -0.2) is 21.6 Å². The van der Waals surface area contributed by atoms with Crippen LogP contribution in [0.3, 0.4) is 0 Å². The third-order valence-electron chi connectivity index (χ3n) is 5.16. The molecular formula is C18H30N2O4S2. The Hall–Kier alpha value is -0.960. The molecule has 1 aliphatic heterocycles. The quantitative estimate of drug-likeness (QED) is 0.788. The summed E-state index contributed by atoms with van der Waals surface area (Å²) < 4.78 is 52.2. The zero-order valence-corrected chi connectivity index (χ0v) is 17.9. The summed E-state index contributed by atoms with van der Waals surface area (Å²) >= 11 is 0. The van der Waals surface area contributed by atoms with Gasteiger partial charge in [0, 0.05) is 18.8 Å². The van der Waals surface area contributed by atoms with Gasteiger partial charge in [0.05, 0.1) is 9.79 Å². The first-order valence-corrected chi connectivity index (χ1v) is 12.3. The number of hydrogen-bond acceptors (Lipinski definition) is 5. The van der Waals surface area contributed by atoms with Crippen molar-refractivity contribution in [2.24, 2.45) is 5.92 Å². The lowest BCUT2D eigenvalue weighted by molar-refractivity contribution is 0.148. The minimum Gasteiger partial charge on any atom is -0.299 e. The molecule has 0 aromatic heterocycles. The minimum absolute atomic E-state index is 0.0393. The van der Waals surface area contributed by atoms with Gasteiger partial charge in [0.25, 0.3) is 0 Å². The number of piperidine rings is 1. The van der Waals surface area contributed by atoms with Gasteiger partial charge >= 0.3 is 0 Å². The van der Waals surface area contributed by atoms with Crippen LogP contribution in [-0.2, 0) is 19.9 Å². The molecule has 0 saturated carbocycles. The van der Waals surface area contributed by atoms with E-state index in [1.165, 1.54) is 12.1 Å². The van der Waals surface area contributed by atoms with E-state index < -0.39 is 19.9 Å². The van der Waals surface area contributed by atoms with Gasteiger partial charge in [-0.05, 0) is 75.9 Å². The molecule has 6 nitrogen and oxygen atoms in total. The fourth-order valence-electron chi connectivity index (χ4n) is 3.36. The maximum atomic E-state index is 12.8. The number of sulfonamides is 1. The number of rotatable bonds is 6. The number of nitrogens with zero attached hydrogens (tertiary/aromatic N) is 1. The van der Waals surface area contributed by atoms with E-state index in [2.05, 4.69) is 16.5 Å². The molecular weight excluding hydrogens is 372 g/mol. The van der Waals surface area contributed by atoms with E-state index in [4.69, 9.17) is 0 Å². The minimum atomic E-state index is -3.78. The van der Waals surface area contributed by atoms with E-state index in [9.17, 15) is 16.8 Å². The summed E-state index contributed by atoms with van der Waals surface area (Å²) in [5.41, 5.74) is 0.875. The lowest BCUT2D eigenvalue weighted by Crippen LogP contribution is -2.45. The molecule has 0 spiro atoms. The van der Waals surface area contributed by atoms with Crippen molar-refractivity contribution in [3.63, 3.8) is 0 Å². The highest BCUT2D eigenvalue weighted by molar-refractivity contribution is 7.91. The van der Waals surface area contributed by atoms with E-state index in [1.54, 1.807) is 13.8 Å². The third kappa shape index (κ3) is 5.06. The van der Waals surface area contributed by atoms with Gasteiger partial charge in [-0.2, -0.15) is 0 Å². The molecule has 1 aromatic carbocycles. The Morgan fingerprint density at radius 1 is 1.12 bits per heavy atom. The predicted molar refractivity (Wildman–Crippen MR) is 104 cm³/mol. The van der Waals surface area contributed by atoms with Gasteiger partial charge < -0.3 is 0 Å². The van der Waals surface area contributed by atoms with Crippen molar-refractivity contribution < 1.29 is 16.8 Å². The van der Waals surface area contributed by atoms with Gasteiger partial charge in [-0.3, -0.25) is 4.90 Å². The molecule has 148 valence electrons. The van der Waals surface area contributed by atoms with Crippen LogP contribution in [0.25, 0.3) is 0 Å². The summed E-state index contributed by atoms with van der Waals surface area (Å²) in [6.07, 6.45) is 3.36. The van der Waals surface area contributed by atoms with Crippen LogP contribution in [0.1, 0.15) is 37.8 Å². The molecule has 1 aliphatic rings. The van der Waals surface area contributed by atoms with Gasteiger partial charge in [-0.15, -0.1) is 0 Å². The highest BCUT2D eigenvalue weighted by Gasteiger charge is 2.25. The molecule has 1 fully saturated rings. The number of sulfone groups is 1. The Morgan fingerprint density at radius 3 is 2.19 bits per heavy atom. The Labute approximate surface area is 158 Å². The van der Waals surface area contributed by atoms with Crippen LogP contribution in [0.5, 0.6) is 0 Å². The third-order valence-corrected chi connectivity index (χ3v) is 7.93. The molecule has 1 unspecified atom stereocenters. The molecule has 8 heteroatoms. The van der Waals surface area contributed by atoms with Gasteiger partial charge in [0.15, 0.2) is 9.84 Å². The van der Waals surface area contributed by atoms with Gasteiger partial charge in [-0.1, -0.05) is 6.92 Å². The molecule has 26 heavy (non-hydrogen) atoms. The number of likely N-dealkylation sites (tertiary alicyclic amines) is 1. The molecule has 0 radical (unpaired) electrons. The van der Waals surface area contributed by atoms with Crippen molar-refractivity contribution in [1.82, 2.24) is 9.62 Å². The Morgan fingerprint density at radius 2 is 1.65 bits per heavy atom. The summed E-state index contributed by atoms with van der Waals surface area (Å²) in [6.45, 7) is 9.76. The zero-order valence-electron chi connectivity index (χ0n) is 16.2. The van der Waals surface area contributed by atoms with Crippen molar-refractivity contribution in [2.45, 2.75) is 56.4 Å². The maximum absolute atomic E-state index is 12.8.